The molecular formula is C23H22N6O2. The van der Waals surface area contributed by atoms with Gasteiger partial charge in [0.1, 0.15) is 5.82 Å². The van der Waals surface area contributed by atoms with E-state index in [1.165, 1.54) is 0 Å². The lowest BCUT2D eigenvalue weighted by atomic mass is 10.1. The molecule has 3 heterocycles. The van der Waals surface area contributed by atoms with Crippen molar-refractivity contribution in [2.24, 2.45) is 0 Å². The van der Waals surface area contributed by atoms with E-state index < -0.39 is 0 Å². The van der Waals surface area contributed by atoms with Crippen LogP contribution in [0.4, 0.5) is 0 Å². The Balaban J connectivity index is 1.42. The van der Waals surface area contributed by atoms with Gasteiger partial charge in [0.05, 0.1) is 29.8 Å². The molecular weight excluding hydrogens is 392 g/mol. The van der Waals surface area contributed by atoms with Gasteiger partial charge in [0, 0.05) is 43.8 Å². The molecule has 1 unspecified atom stereocenters. The molecule has 1 atom stereocenters. The minimum atomic E-state index is -0.237. The standard InChI is InChI=1S/C23H22N6O2/c1-16-22-27-20(11-21(30)26-14-18-5-3-7-25-13-18)15-28(22)8-9-29(16)23(31)19-6-2-4-17(10-19)12-24/h2-7,10,13,15-16H,8-9,11,14H2,1H3,(H,26,30). The third kappa shape index (κ3) is 4.46. The van der Waals surface area contributed by atoms with E-state index in [1.807, 2.05) is 29.8 Å². The highest BCUT2D eigenvalue weighted by Gasteiger charge is 2.30. The van der Waals surface area contributed by atoms with Gasteiger partial charge in [-0.25, -0.2) is 4.98 Å². The fraction of sp³-hybridized carbons (Fsp3) is 0.261. The van der Waals surface area contributed by atoms with E-state index >= 15 is 0 Å². The second-order valence-corrected chi connectivity index (χ2v) is 7.47. The number of carbonyl (C=O) groups is 2. The van der Waals surface area contributed by atoms with Crippen LogP contribution in [-0.4, -0.2) is 37.8 Å². The van der Waals surface area contributed by atoms with E-state index in [0.29, 0.717) is 36.5 Å². The lowest BCUT2D eigenvalue weighted by molar-refractivity contribution is -0.120. The van der Waals surface area contributed by atoms with E-state index in [4.69, 9.17) is 5.26 Å². The molecule has 1 aromatic carbocycles. The van der Waals surface area contributed by atoms with Crippen molar-refractivity contribution in [2.45, 2.75) is 32.5 Å². The number of fused-ring (bicyclic) bond motifs is 1. The molecule has 1 aliphatic heterocycles. The first-order chi connectivity index (χ1) is 15.0. The van der Waals surface area contributed by atoms with Gasteiger partial charge < -0.3 is 14.8 Å². The lowest BCUT2D eigenvalue weighted by Crippen LogP contribution is -2.41. The van der Waals surface area contributed by atoms with Crippen LogP contribution in [0, 0.1) is 11.3 Å². The van der Waals surface area contributed by atoms with Gasteiger partial charge in [0.25, 0.3) is 5.91 Å². The molecule has 8 heteroatoms. The highest BCUT2D eigenvalue weighted by molar-refractivity contribution is 5.94. The van der Waals surface area contributed by atoms with Crippen molar-refractivity contribution < 1.29 is 9.59 Å². The Morgan fingerprint density at radius 1 is 1.26 bits per heavy atom. The maximum absolute atomic E-state index is 13.0. The van der Waals surface area contributed by atoms with Crippen LogP contribution < -0.4 is 5.32 Å². The second-order valence-electron chi connectivity index (χ2n) is 7.47. The summed E-state index contributed by atoms with van der Waals surface area (Å²) in [6, 6.07) is 12.3. The maximum Gasteiger partial charge on any atom is 0.254 e. The smallest absolute Gasteiger partial charge is 0.254 e. The van der Waals surface area contributed by atoms with Gasteiger partial charge in [-0.2, -0.15) is 5.26 Å². The number of pyridine rings is 1. The lowest BCUT2D eigenvalue weighted by Gasteiger charge is -2.33. The number of hydrogen-bond acceptors (Lipinski definition) is 5. The molecule has 2 aromatic heterocycles. The summed E-state index contributed by atoms with van der Waals surface area (Å²) in [5.74, 6) is 0.508. The van der Waals surface area contributed by atoms with Crippen molar-refractivity contribution in [1.29, 1.82) is 5.26 Å². The Kier molecular flexibility index (Phi) is 5.76. The number of nitrogens with zero attached hydrogens (tertiary/aromatic N) is 5. The zero-order valence-corrected chi connectivity index (χ0v) is 17.2. The number of aromatic nitrogens is 3. The number of nitrogens with one attached hydrogen (secondary N) is 1. The zero-order chi connectivity index (χ0) is 21.8. The Morgan fingerprint density at radius 3 is 2.90 bits per heavy atom. The van der Waals surface area contributed by atoms with E-state index in [9.17, 15) is 9.59 Å². The first-order valence-corrected chi connectivity index (χ1v) is 10.1. The van der Waals surface area contributed by atoms with Gasteiger partial charge in [-0.1, -0.05) is 12.1 Å². The average Bonchev–Trinajstić information content (AvgIpc) is 3.21. The molecule has 4 rings (SSSR count). The molecule has 31 heavy (non-hydrogen) atoms. The zero-order valence-electron chi connectivity index (χ0n) is 17.2. The molecule has 0 spiro atoms. The summed E-state index contributed by atoms with van der Waals surface area (Å²) in [6.45, 7) is 3.48. The van der Waals surface area contributed by atoms with Crippen LogP contribution in [-0.2, 0) is 24.3 Å². The van der Waals surface area contributed by atoms with Gasteiger partial charge in [-0.05, 0) is 36.8 Å². The Hall–Kier alpha value is -3.99. The van der Waals surface area contributed by atoms with Crippen LogP contribution >= 0.6 is 0 Å². The Bertz CT molecular complexity index is 1150. The number of nitriles is 1. The van der Waals surface area contributed by atoms with Crippen molar-refractivity contribution in [3.8, 4) is 6.07 Å². The summed E-state index contributed by atoms with van der Waals surface area (Å²) in [7, 11) is 0. The van der Waals surface area contributed by atoms with Crippen molar-refractivity contribution in [1.82, 2.24) is 24.8 Å². The SMILES string of the molecule is CC1c2nc(CC(=O)NCc3cccnc3)cn2CCN1C(=O)c1cccc(C#N)c1. The highest BCUT2D eigenvalue weighted by Crippen LogP contribution is 2.26. The minimum absolute atomic E-state index is 0.117. The predicted octanol–water partition coefficient (Wildman–Crippen LogP) is 2.23. The van der Waals surface area contributed by atoms with Crippen LogP contribution in [0.1, 0.15) is 46.0 Å². The molecule has 0 aliphatic carbocycles. The number of rotatable bonds is 5. The van der Waals surface area contributed by atoms with Crippen molar-refractivity contribution in [3.63, 3.8) is 0 Å². The van der Waals surface area contributed by atoms with Crippen LogP contribution in [0.15, 0.2) is 55.0 Å². The molecule has 0 radical (unpaired) electrons. The third-order valence-corrected chi connectivity index (χ3v) is 5.33. The molecule has 0 saturated carbocycles. The summed E-state index contributed by atoms with van der Waals surface area (Å²) in [5.41, 5.74) is 2.55. The highest BCUT2D eigenvalue weighted by atomic mass is 16.2. The van der Waals surface area contributed by atoms with Gasteiger partial charge >= 0.3 is 0 Å². The van der Waals surface area contributed by atoms with Crippen LogP contribution in [0.2, 0.25) is 0 Å². The van der Waals surface area contributed by atoms with E-state index in [1.54, 1.807) is 41.6 Å². The summed E-state index contributed by atoms with van der Waals surface area (Å²) in [6.07, 6.45) is 5.46. The van der Waals surface area contributed by atoms with E-state index in [2.05, 4.69) is 21.4 Å². The molecule has 2 amide bonds. The normalized spacial score (nSPS) is 15.1. The number of imidazole rings is 1. The first-order valence-electron chi connectivity index (χ1n) is 10.1. The molecule has 1 N–H and O–H groups in total. The van der Waals surface area contributed by atoms with E-state index in [0.717, 1.165) is 11.4 Å². The Morgan fingerprint density at radius 2 is 2.13 bits per heavy atom. The van der Waals surface area contributed by atoms with Crippen molar-refractivity contribution in [3.05, 3.63) is 83.2 Å². The molecule has 0 saturated heterocycles. The molecule has 0 bridgehead atoms. The van der Waals surface area contributed by atoms with Crippen molar-refractivity contribution >= 4 is 11.8 Å². The number of carbonyl (C=O) groups excluding carboxylic acids is 2. The second kappa shape index (κ2) is 8.79. The third-order valence-electron chi connectivity index (χ3n) is 5.33. The topological polar surface area (TPSA) is 104 Å². The largest absolute Gasteiger partial charge is 0.352 e. The summed E-state index contributed by atoms with van der Waals surface area (Å²) >= 11 is 0. The number of amides is 2. The van der Waals surface area contributed by atoms with E-state index in [-0.39, 0.29) is 24.3 Å². The number of benzene rings is 1. The summed E-state index contributed by atoms with van der Waals surface area (Å²) in [4.78, 5) is 35.8. The van der Waals surface area contributed by atoms with Gasteiger partial charge in [0.2, 0.25) is 5.91 Å². The van der Waals surface area contributed by atoms with Crippen LogP contribution in [0.25, 0.3) is 0 Å². The quantitative estimate of drug-likeness (QED) is 0.689. The first kappa shape index (κ1) is 20.3. The molecule has 8 nitrogen and oxygen atoms in total. The maximum atomic E-state index is 13.0. The summed E-state index contributed by atoms with van der Waals surface area (Å²) < 4.78 is 2.00. The van der Waals surface area contributed by atoms with Gasteiger partial charge in [-0.3, -0.25) is 14.6 Å². The molecule has 0 fully saturated rings. The minimum Gasteiger partial charge on any atom is -0.352 e. The fourth-order valence-electron chi connectivity index (χ4n) is 3.73. The molecule has 3 aromatic rings. The van der Waals surface area contributed by atoms with Gasteiger partial charge in [0.15, 0.2) is 0 Å². The Labute approximate surface area is 180 Å². The van der Waals surface area contributed by atoms with Crippen molar-refractivity contribution in [2.75, 3.05) is 6.54 Å². The van der Waals surface area contributed by atoms with Gasteiger partial charge in [-0.15, -0.1) is 0 Å². The van der Waals surface area contributed by atoms with Crippen LogP contribution in [0.3, 0.4) is 0 Å². The monoisotopic (exact) mass is 414 g/mol. The average molecular weight is 414 g/mol. The summed E-state index contributed by atoms with van der Waals surface area (Å²) in [5, 5.41) is 12.0. The fourth-order valence-corrected chi connectivity index (χ4v) is 3.73. The number of hydrogen-bond donors (Lipinski definition) is 1. The predicted molar refractivity (Wildman–Crippen MR) is 113 cm³/mol. The molecule has 156 valence electrons. The van der Waals surface area contributed by atoms with Crippen LogP contribution in [0.5, 0.6) is 0 Å². The molecule has 1 aliphatic rings.